The van der Waals surface area contributed by atoms with Crippen LogP contribution in [0.25, 0.3) is 10.2 Å². The lowest BCUT2D eigenvalue weighted by atomic mass is 9.95. The second-order valence-corrected chi connectivity index (χ2v) is 10.0. The molecule has 0 aliphatic carbocycles. The normalized spacial score (nSPS) is 18.5. The van der Waals surface area contributed by atoms with Crippen LogP contribution in [0.2, 0.25) is 0 Å². The van der Waals surface area contributed by atoms with E-state index in [-0.39, 0.29) is 24.5 Å². The molecule has 1 fully saturated rings. The molecule has 1 saturated heterocycles. The number of anilines is 2. The molecule has 10 heteroatoms. The molecule has 1 aliphatic heterocycles. The summed E-state index contributed by atoms with van der Waals surface area (Å²) in [5, 5.41) is 7.89. The largest absolute Gasteiger partial charge is 0.460 e. The molecule has 0 unspecified atom stereocenters. The van der Waals surface area contributed by atoms with Gasteiger partial charge >= 0.3 is 5.97 Å². The summed E-state index contributed by atoms with van der Waals surface area (Å²) >= 11 is 1.40. The SMILES string of the molecule is CCc1cccc(NC(=O)c2csc3cnc(N[C@@H]4CCOC[C@@H]4C(=O)OC(C)(C)C)nc23)n1. The molecule has 34 heavy (non-hydrogen) atoms. The third kappa shape index (κ3) is 5.68. The average Bonchev–Trinajstić information content (AvgIpc) is 3.22. The van der Waals surface area contributed by atoms with Crippen molar-refractivity contribution in [3.8, 4) is 0 Å². The summed E-state index contributed by atoms with van der Waals surface area (Å²) in [7, 11) is 0. The third-order valence-electron chi connectivity index (χ3n) is 5.35. The first-order valence-electron chi connectivity index (χ1n) is 11.3. The van der Waals surface area contributed by atoms with Crippen molar-refractivity contribution in [2.75, 3.05) is 23.8 Å². The van der Waals surface area contributed by atoms with Gasteiger partial charge in [-0.05, 0) is 45.7 Å². The van der Waals surface area contributed by atoms with E-state index in [0.717, 1.165) is 16.8 Å². The minimum Gasteiger partial charge on any atom is -0.460 e. The lowest BCUT2D eigenvalue weighted by Gasteiger charge is -2.32. The van der Waals surface area contributed by atoms with Gasteiger partial charge in [-0.2, -0.15) is 0 Å². The predicted molar refractivity (Wildman–Crippen MR) is 131 cm³/mol. The first-order valence-corrected chi connectivity index (χ1v) is 12.2. The van der Waals surface area contributed by atoms with Crippen molar-refractivity contribution in [3.05, 3.63) is 41.0 Å². The van der Waals surface area contributed by atoms with Crippen LogP contribution in [-0.4, -0.2) is 51.7 Å². The molecule has 2 atom stereocenters. The molecular formula is C24H29N5O4S. The minimum atomic E-state index is -0.584. The first kappa shape index (κ1) is 24.0. The number of amides is 1. The van der Waals surface area contributed by atoms with E-state index in [0.29, 0.717) is 35.9 Å². The molecular weight excluding hydrogens is 454 g/mol. The Morgan fingerprint density at radius 2 is 2.09 bits per heavy atom. The lowest BCUT2D eigenvalue weighted by Crippen LogP contribution is -2.45. The Bertz CT molecular complexity index is 1190. The van der Waals surface area contributed by atoms with Crippen LogP contribution in [-0.2, 0) is 20.7 Å². The topological polar surface area (TPSA) is 115 Å². The van der Waals surface area contributed by atoms with E-state index in [4.69, 9.17) is 9.47 Å². The summed E-state index contributed by atoms with van der Waals surface area (Å²) in [6.45, 7) is 8.32. The highest BCUT2D eigenvalue weighted by Gasteiger charge is 2.35. The van der Waals surface area contributed by atoms with E-state index in [1.165, 1.54) is 11.3 Å². The highest BCUT2D eigenvalue weighted by molar-refractivity contribution is 7.17. The van der Waals surface area contributed by atoms with E-state index < -0.39 is 11.5 Å². The van der Waals surface area contributed by atoms with Gasteiger partial charge in [0.2, 0.25) is 5.95 Å². The molecule has 0 aromatic carbocycles. The van der Waals surface area contributed by atoms with Gasteiger partial charge < -0.3 is 20.1 Å². The molecule has 9 nitrogen and oxygen atoms in total. The van der Waals surface area contributed by atoms with Gasteiger partial charge in [0.05, 0.1) is 28.6 Å². The number of fused-ring (bicyclic) bond motifs is 1. The molecule has 0 bridgehead atoms. The van der Waals surface area contributed by atoms with Gasteiger partial charge in [0.1, 0.15) is 17.3 Å². The van der Waals surface area contributed by atoms with Gasteiger partial charge in [-0.25, -0.2) is 15.0 Å². The molecule has 3 aromatic rings. The second-order valence-electron chi connectivity index (χ2n) is 9.13. The summed E-state index contributed by atoms with van der Waals surface area (Å²) in [4.78, 5) is 39.1. The van der Waals surface area contributed by atoms with Crippen molar-refractivity contribution in [2.45, 2.75) is 52.2 Å². The molecule has 4 rings (SSSR count). The summed E-state index contributed by atoms with van der Waals surface area (Å²) in [6.07, 6.45) is 3.08. The van der Waals surface area contributed by atoms with Gasteiger partial charge in [0.25, 0.3) is 5.91 Å². The zero-order valence-electron chi connectivity index (χ0n) is 19.8. The van der Waals surface area contributed by atoms with Crippen LogP contribution in [0.15, 0.2) is 29.8 Å². The molecule has 4 heterocycles. The fourth-order valence-electron chi connectivity index (χ4n) is 3.67. The van der Waals surface area contributed by atoms with Crippen molar-refractivity contribution >= 4 is 45.2 Å². The van der Waals surface area contributed by atoms with Crippen LogP contribution in [0.1, 0.15) is 50.2 Å². The standard InChI is InChI=1S/C24H29N5O4S/c1-5-14-7-6-8-19(26-14)28-21(30)16-13-34-18-11-25-23(29-20(16)18)27-17-9-10-32-12-15(17)22(31)33-24(2,3)4/h6-8,11,13,15,17H,5,9-10,12H2,1-4H3,(H,25,27,29)(H,26,28,30)/t15-,17+/m0/s1. The smallest absolute Gasteiger partial charge is 0.313 e. The maximum Gasteiger partial charge on any atom is 0.313 e. The van der Waals surface area contributed by atoms with E-state index in [9.17, 15) is 9.59 Å². The van der Waals surface area contributed by atoms with Crippen molar-refractivity contribution in [2.24, 2.45) is 5.92 Å². The van der Waals surface area contributed by atoms with E-state index in [2.05, 4.69) is 25.6 Å². The fourth-order valence-corrected chi connectivity index (χ4v) is 4.52. The van der Waals surface area contributed by atoms with Crippen molar-refractivity contribution in [3.63, 3.8) is 0 Å². The van der Waals surface area contributed by atoms with Crippen LogP contribution < -0.4 is 10.6 Å². The van der Waals surface area contributed by atoms with Gasteiger partial charge in [0.15, 0.2) is 0 Å². The van der Waals surface area contributed by atoms with Crippen molar-refractivity contribution in [1.82, 2.24) is 15.0 Å². The number of nitrogens with one attached hydrogen (secondary N) is 2. The molecule has 1 aliphatic rings. The Morgan fingerprint density at radius 1 is 1.26 bits per heavy atom. The van der Waals surface area contributed by atoms with Crippen LogP contribution in [0.4, 0.5) is 11.8 Å². The number of carbonyl (C=O) groups is 2. The molecule has 0 spiro atoms. The van der Waals surface area contributed by atoms with E-state index >= 15 is 0 Å². The summed E-state index contributed by atoms with van der Waals surface area (Å²) in [5.74, 6) is -0.225. The van der Waals surface area contributed by atoms with Gasteiger partial charge in [-0.1, -0.05) is 13.0 Å². The zero-order valence-corrected chi connectivity index (χ0v) is 20.6. The number of carbonyl (C=O) groups excluding carboxylic acids is 2. The van der Waals surface area contributed by atoms with E-state index in [1.807, 2.05) is 39.8 Å². The molecule has 3 aromatic heterocycles. The van der Waals surface area contributed by atoms with Crippen molar-refractivity contribution in [1.29, 1.82) is 0 Å². The number of thiophene rings is 1. The minimum absolute atomic E-state index is 0.238. The maximum atomic E-state index is 13.0. The van der Waals surface area contributed by atoms with Gasteiger partial charge in [-0.15, -0.1) is 11.3 Å². The first-order chi connectivity index (χ1) is 16.2. The molecule has 180 valence electrons. The van der Waals surface area contributed by atoms with Crippen LogP contribution >= 0.6 is 11.3 Å². The second kappa shape index (κ2) is 10.0. The van der Waals surface area contributed by atoms with Gasteiger partial charge in [0, 0.05) is 23.7 Å². The Morgan fingerprint density at radius 3 is 2.85 bits per heavy atom. The van der Waals surface area contributed by atoms with Gasteiger partial charge in [-0.3, -0.25) is 9.59 Å². The quantitative estimate of drug-likeness (QED) is 0.505. The van der Waals surface area contributed by atoms with Crippen LogP contribution in [0.3, 0.4) is 0 Å². The predicted octanol–water partition coefficient (Wildman–Crippen LogP) is 4.06. The molecule has 2 N–H and O–H groups in total. The third-order valence-corrected chi connectivity index (χ3v) is 6.26. The Kier molecular flexibility index (Phi) is 7.08. The Balaban J connectivity index is 1.53. The zero-order chi connectivity index (χ0) is 24.3. The number of ether oxygens (including phenoxy) is 2. The number of aryl methyl sites for hydroxylation is 1. The highest BCUT2D eigenvalue weighted by atomic mass is 32.1. The number of rotatable bonds is 6. The number of nitrogens with zero attached hydrogens (tertiary/aromatic N) is 3. The number of pyridine rings is 1. The number of esters is 1. The van der Waals surface area contributed by atoms with Crippen molar-refractivity contribution < 1.29 is 19.1 Å². The summed E-state index contributed by atoms with van der Waals surface area (Å²) in [6, 6.07) is 5.31. The summed E-state index contributed by atoms with van der Waals surface area (Å²) in [5.41, 5.74) is 1.31. The maximum absolute atomic E-state index is 13.0. The number of aromatic nitrogens is 3. The summed E-state index contributed by atoms with van der Waals surface area (Å²) < 4.78 is 11.9. The van der Waals surface area contributed by atoms with Crippen LogP contribution in [0.5, 0.6) is 0 Å². The van der Waals surface area contributed by atoms with Crippen LogP contribution in [0, 0.1) is 5.92 Å². The number of hydrogen-bond acceptors (Lipinski definition) is 9. The Labute approximate surface area is 202 Å². The average molecular weight is 484 g/mol. The molecule has 0 radical (unpaired) electrons. The fraction of sp³-hybridized carbons (Fsp3) is 0.458. The molecule has 1 amide bonds. The van der Waals surface area contributed by atoms with E-state index in [1.54, 1.807) is 17.6 Å². The monoisotopic (exact) mass is 483 g/mol. The number of hydrogen-bond donors (Lipinski definition) is 2. The Hall–Kier alpha value is -3.11. The highest BCUT2D eigenvalue weighted by Crippen LogP contribution is 2.27. The molecule has 0 saturated carbocycles. The lowest BCUT2D eigenvalue weighted by molar-refractivity contribution is -0.164.